The van der Waals surface area contributed by atoms with Crippen molar-refractivity contribution in [1.82, 2.24) is 9.55 Å². The number of rotatable bonds is 5. The topological polar surface area (TPSA) is 31.0 Å². The Labute approximate surface area is 218 Å². The van der Waals surface area contributed by atoms with Crippen LogP contribution in [0.25, 0.3) is 50.2 Å². The fourth-order valence-electron chi connectivity index (χ4n) is 5.42. The first-order valence-corrected chi connectivity index (χ1v) is 13.1. The zero-order valence-corrected chi connectivity index (χ0v) is 22.1. The van der Waals surface area contributed by atoms with Gasteiger partial charge in [-0.1, -0.05) is 93.9 Å². The lowest BCUT2D eigenvalue weighted by molar-refractivity contribution is 0.616. The Hall–Kier alpha value is -4.11. The number of fused-ring (bicyclic) bond motifs is 2. The highest BCUT2D eigenvalue weighted by Crippen LogP contribution is 2.40. The van der Waals surface area contributed by atoms with Gasteiger partial charge in [0.2, 0.25) is 0 Å². The molecule has 0 amide bonds. The number of benzene rings is 4. The predicted molar refractivity (Wildman–Crippen MR) is 155 cm³/mol. The minimum absolute atomic E-state index is 0.368. The number of hydrogen-bond donors (Lipinski definition) is 0. The average molecular weight is 485 g/mol. The fourth-order valence-corrected chi connectivity index (χ4v) is 5.42. The van der Waals surface area contributed by atoms with Crippen LogP contribution >= 0.6 is 0 Å². The van der Waals surface area contributed by atoms with Gasteiger partial charge in [-0.05, 0) is 65.3 Å². The molecule has 0 atom stereocenters. The lowest BCUT2D eigenvalue weighted by Gasteiger charge is -2.23. The van der Waals surface area contributed by atoms with E-state index in [-0.39, 0.29) is 0 Å². The second-order valence-corrected chi connectivity index (χ2v) is 10.6. The van der Waals surface area contributed by atoms with Crippen LogP contribution in [0.4, 0.5) is 0 Å². The first-order chi connectivity index (χ1) is 17.9. The molecule has 184 valence electrons. The molecule has 0 radical (unpaired) electrons. The summed E-state index contributed by atoms with van der Waals surface area (Å²) in [6, 6.07) is 30.0. The highest BCUT2D eigenvalue weighted by molar-refractivity contribution is 5.97. The zero-order chi connectivity index (χ0) is 25.7. The summed E-state index contributed by atoms with van der Waals surface area (Å²) in [7, 11) is 0. The molecule has 6 aromatic rings. The summed E-state index contributed by atoms with van der Waals surface area (Å²) in [6.45, 7) is 11.3. The van der Waals surface area contributed by atoms with Gasteiger partial charge in [-0.15, -0.1) is 0 Å². The maximum Gasteiger partial charge on any atom is 0.149 e. The summed E-state index contributed by atoms with van der Waals surface area (Å²) in [5, 5.41) is 1.07. The SMILES string of the molecule is Cc1cc(C(C)C)c(-n2c(-c3coc4ccc(-c5ccccc5)cc34)nc3ccccc32)c(C(C)C)c1. The molecule has 0 saturated carbocycles. The van der Waals surface area contributed by atoms with Crippen molar-refractivity contribution < 1.29 is 4.42 Å². The minimum atomic E-state index is 0.368. The van der Waals surface area contributed by atoms with Crippen LogP contribution in [0.15, 0.2) is 95.6 Å². The molecule has 0 bridgehead atoms. The molecule has 0 N–H and O–H groups in total. The Morgan fingerprint density at radius 3 is 2.11 bits per heavy atom. The number of furan rings is 1. The molecule has 0 unspecified atom stereocenters. The van der Waals surface area contributed by atoms with Crippen LogP contribution < -0.4 is 0 Å². The molecule has 2 heterocycles. The van der Waals surface area contributed by atoms with E-state index in [2.05, 4.69) is 118 Å². The minimum Gasteiger partial charge on any atom is -0.464 e. The predicted octanol–water partition coefficient (Wildman–Crippen LogP) is 9.66. The van der Waals surface area contributed by atoms with E-state index < -0.39 is 0 Å². The molecule has 0 spiro atoms. The molecular formula is C34H32N2O. The lowest BCUT2D eigenvalue weighted by Crippen LogP contribution is -2.09. The highest BCUT2D eigenvalue weighted by Gasteiger charge is 2.24. The van der Waals surface area contributed by atoms with E-state index in [4.69, 9.17) is 9.40 Å². The second kappa shape index (κ2) is 9.08. The molecule has 2 aromatic heterocycles. The van der Waals surface area contributed by atoms with E-state index in [0.29, 0.717) is 11.8 Å². The van der Waals surface area contributed by atoms with Gasteiger partial charge < -0.3 is 4.42 Å². The number of imidazole rings is 1. The molecule has 0 fully saturated rings. The Morgan fingerprint density at radius 1 is 0.730 bits per heavy atom. The fraction of sp³-hybridized carbons (Fsp3) is 0.206. The van der Waals surface area contributed by atoms with Crippen molar-refractivity contribution in [1.29, 1.82) is 0 Å². The third kappa shape index (κ3) is 3.95. The van der Waals surface area contributed by atoms with Gasteiger partial charge in [-0.25, -0.2) is 4.98 Å². The van der Waals surface area contributed by atoms with Gasteiger partial charge in [0.25, 0.3) is 0 Å². The maximum absolute atomic E-state index is 6.10. The van der Waals surface area contributed by atoms with Gasteiger partial charge in [-0.3, -0.25) is 4.57 Å². The monoisotopic (exact) mass is 484 g/mol. The Balaban J connectivity index is 1.69. The number of para-hydroxylation sites is 2. The normalized spacial score (nSPS) is 11.9. The second-order valence-electron chi connectivity index (χ2n) is 10.6. The Kier molecular flexibility index (Phi) is 5.72. The Morgan fingerprint density at radius 2 is 1.41 bits per heavy atom. The van der Waals surface area contributed by atoms with Crippen molar-refractivity contribution in [3.05, 3.63) is 108 Å². The Bertz CT molecular complexity index is 1710. The van der Waals surface area contributed by atoms with Crippen LogP contribution in [0, 0.1) is 6.92 Å². The van der Waals surface area contributed by atoms with Crippen LogP contribution in [0.2, 0.25) is 0 Å². The average Bonchev–Trinajstić information content (AvgIpc) is 3.49. The van der Waals surface area contributed by atoms with Crippen molar-refractivity contribution in [2.45, 2.75) is 46.5 Å². The quantitative estimate of drug-likeness (QED) is 0.244. The van der Waals surface area contributed by atoms with Gasteiger partial charge in [0.1, 0.15) is 17.7 Å². The maximum atomic E-state index is 6.10. The zero-order valence-electron chi connectivity index (χ0n) is 22.1. The standard InChI is InChI=1S/C34H32N2O/c1-21(2)26-17-23(5)18-27(22(3)4)33(26)36-31-14-10-9-13-30(31)35-34(36)29-20-37-32-16-15-25(19-28(29)32)24-11-7-6-8-12-24/h6-22H,1-5H3. The smallest absolute Gasteiger partial charge is 0.149 e. The van der Waals surface area contributed by atoms with Gasteiger partial charge in [0, 0.05) is 5.39 Å². The summed E-state index contributed by atoms with van der Waals surface area (Å²) in [5.74, 6) is 1.65. The largest absolute Gasteiger partial charge is 0.464 e. The molecule has 6 rings (SSSR count). The highest BCUT2D eigenvalue weighted by atomic mass is 16.3. The van der Waals surface area contributed by atoms with Crippen LogP contribution in [-0.2, 0) is 0 Å². The van der Waals surface area contributed by atoms with Crippen LogP contribution in [0.5, 0.6) is 0 Å². The number of aromatic nitrogens is 2. The summed E-state index contributed by atoms with van der Waals surface area (Å²) in [4.78, 5) is 5.21. The van der Waals surface area contributed by atoms with E-state index in [0.717, 1.165) is 33.4 Å². The van der Waals surface area contributed by atoms with Crippen molar-refractivity contribution >= 4 is 22.0 Å². The van der Waals surface area contributed by atoms with Gasteiger partial charge in [0.05, 0.1) is 22.3 Å². The van der Waals surface area contributed by atoms with Gasteiger partial charge in [0.15, 0.2) is 0 Å². The molecular weight excluding hydrogens is 452 g/mol. The first-order valence-electron chi connectivity index (χ1n) is 13.1. The molecule has 0 aliphatic heterocycles. The van der Waals surface area contributed by atoms with E-state index in [1.165, 1.54) is 33.5 Å². The molecule has 0 aliphatic carbocycles. The molecule has 3 nitrogen and oxygen atoms in total. The number of nitrogens with zero attached hydrogens (tertiary/aromatic N) is 2. The lowest BCUT2D eigenvalue weighted by atomic mass is 9.90. The van der Waals surface area contributed by atoms with E-state index in [9.17, 15) is 0 Å². The van der Waals surface area contributed by atoms with E-state index in [1.54, 1.807) is 0 Å². The summed E-state index contributed by atoms with van der Waals surface area (Å²) in [5.41, 5.74) is 11.5. The number of aryl methyl sites for hydroxylation is 1. The molecule has 4 aromatic carbocycles. The van der Waals surface area contributed by atoms with Crippen molar-refractivity contribution in [2.75, 3.05) is 0 Å². The van der Waals surface area contributed by atoms with Gasteiger partial charge in [-0.2, -0.15) is 0 Å². The van der Waals surface area contributed by atoms with E-state index >= 15 is 0 Å². The van der Waals surface area contributed by atoms with Crippen LogP contribution in [-0.4, -0.2) is 9.55 Å². The van der Waals surface area contributed by atoms with Crippen LogP contribution in [0.1, 0.15) is 56.2 Å². The molecule has 3 heteroatoms. The summed E-state index contributed by atoms with van der Waals surface area (Å²) in [6.07, 6.45) is 1.87. The van der Waals surface area contributed by atoms with Crippen molar-refractivity contribution in [3.8, 4) is 28.2 Å². The number of hydrogen-bond acceptors (Lipinski definition) is 2. The third-order valence-corrected chi connectivity index (χ3v) is 7.26. The van der Waals surface area contributed by atoms with Crippen molar-refractivity contribution in [3.63, 3.8) is 0 Å². The first kappa shape index (κ1) is 23.3. The summed E-state index contributed by atoms with van der Waals surface area (Å²) >= 11 is 0. The molecule has 0 aliphatic rings. The summed E-state index contributed by atoms with van der Waals surface area (Å²) < 4.78 is 8.48. The van der Waals surface area contributed by atoms with Crippen molar-refractivity contribution in [2.24, 2.45) is 0 Å². The van der Waals surface area contributed by atoms with Crippen LogP contribution in [0.3, 0.4) is 0 Å². The molecule has 37 heavy (non-hydrogen) atoms. The molecule has 0 saturated heterocycles. The van der Waals surface area contributed by atoms with Gasteiger partial charge >= 0.3 is 0 Å². The third-order valence-electron chi connectivity index (χ3n) is 7.26. The van der Waals surface area contributed by atoms with E-state index in [1.807, 2.05) is 12.3 Å².